The van der Waals surface area contributed by atoms with Crippen molar-refractivity contribution >= 4 is 23.2 Å². The molecule has 2 aromatic heterocycles. The van der Waals surface area contributed by atoms with Gasteiger partial charge in [0.25, 0.3) is 0 Å². The van der Waals surface area contributed by atoms with E-state index in [1.165, 1.54) is 0 Å². The van der Waals surface area contributed by atoms with Crippen LogP contribution in [-0.4, -0.2) is 31.7 Å². The van der Waals surface area contributed by atoms with Crippen molar-refractivity contribution in [1.29, 1.82) is 0 Å². The Labute approximate surface area is 125 Å². The normalized spacial score (nSPS) is 22.0. The highest BCUT2D eigenvalue weighted by atomic mass is 32.1. The van der Waals surface area contributed by atoms with Gasteiger partial charge in [-0.3, -0.25) is 14.3 Å². The Hall–Kier alpha value is -2.15. The van der Waals surface area contributed by atoms with Gasteiger partial charge in [-0.2, -0.15) is 16.4 Å². The number of amides is 1. The molecule has 110 valence electrons. The van der Waals surface area contributed by atoms with E-state index in [1.54, 1.807) is 40.4 Å². The fourth-order valence-corrected chi connectivity index (χ4v) is 3.44. The standard InChI is InChI=1S/C14H15N3O3S/c1-16-7-10(5-15-16)13-11(14(19)20)4-12(18)17(13)6-9-2-3-21-8-9/h2-3,5,7-8,11,13H,4,6H2,1H3,(H,19,20)/t11-,13-/m0/s1. The van der Waals surface area contributed by atoms with Crippen molar-refractivity contribution in [3.63, 3.8) is 0 Å². The molecule has 7 heteroatoms. The number of hydrogen-bond acceptors (Lipinski definition) is 4. The van der Waals surface area contributed by atoms with Gasteiger partial charge in [0.15, 0.2) is 0 Å². The first-order valence-electron chi connectivity index (χ1n) is 6.58. The van der Waals surface area contributed by atoms with Crippen molar-refractivity contribution in [3.05, 3.63) is 40.3 Å². The van der Waals surface area contributed by atoms with Crippen molar-refractivity contribution < 1.29 is 14.7 Å². The first kappa shape index (κ1) is 13.8. The number of carboxylic acid groups (broad SMARTS) is 1. The second-order valence-electron chi connectivity index (χ2n) is 5.19. The topological polar surface area (TPSA) is 75.4 Å². The lowest BCUT2D eigenvalue weighted by Crippen LogP contribution is -2.29. The van der Waals surface area contributed by atoms with Gasteiger partial charge in [-0.15, -0.1) is 0 Å². The van der Waals surface area contributed by atoms with E-state index in [2.05, 4.69) is 5.10 Å². The second-order valence-corrected chi connectivity index (χ2v) is 5.97. The van der Waals surface area contributed by atoms with Crippen LogP contribution in [0.15, 0.2) is 29.2 Å². The molecule has 0 aliphatic carbocycles. The lowest BCUT2D eigenvalue weighted by Gasteiger charge is -2.25. The molecule has 3 rings (SSSR count). The summed E-state index contributed by atoms with van der Waals surface area (Å²) in [7, 11) is 1.78. The maximum Gasteiger partial charge on any atom is 0.309 e. The van der Waals surface area contributed by atoms with Crippen LogP contribution in [0.3, 0.4) is 0 Å². The van der Waals surface area contributed by atoms with E-state index in [1.807, 2.05) is 16.8 Å². The zero-order valence-corrected chi connectivity index (χ0v) is 12.3. The summed E-state index contributed by atoms with van der Waals surface area (Å²) in [6.07, 6.45) is 3.46. The number of thiophene rings is 1. The number of carbonyl (C=O) groups is 2. The number of likely N-dealkylation sites (tertiary alicyclic amines) is 1. The van der Waals surface area contributed by atoms with E-state index in [4.69, 9.17) is 0 Å². The zero-order chi connectivity index (χ0) is 15.0. The van der Waals surface area contributed by atoms with E-state index in [-0.39, 0.29) is 12.3 Å². The molecular weight excluding hydrogens is 290 g/mol. The van der Waals surface area contributed by atoms with E-state index in [0.717, 1.165) is 11.1 Å². The number of aliphatic carboxylic acids is 1. The van der Waals surface area contributed by atoms with Gasteiger partial charge in [0, 0.05) is 31.8 Å². The molecule has 21 heavy (non-hydrogen) atoms. The van der Waals surface area contributed by atoms with Crippen LogP contribution in [0.2, 0.25) is 0 Å². The molecule has 0 spiro atoms. The van der Waals surface area contributed by atoms with Crippen LogP contribution in [0.1, 0.15) is 23.6 Å². The van der Waals surface area contributed by atoms with Gasteiger partial charge >= 0.3 is 5.97 Å². The average molecular weight is 305 g/mol. The van der Waals surface area contributed by atoms with Gasteiger partial charge in [-0.1, -0.05) is 0 Å². The second kappa shape index (κ2) is 5.33. The van der Waals surface area contributed by atoms with E-state index in [0.29, 0.717) is 6.54 Å². The summed E-state index contributed by atoms with van der Waals surface area (Å²) >= 11 is 1.56. The van der Waals surface area contributed by atoms with Crippen molar-refractivity contribution in [1.82, 2.24) is 14.7 Å². The van der Waals surface area contributed by atoms with E-state index < -0.39 is 17.9 Å². The highest BCUT2D eigenvalue weighted by Crippen LogP contribution is 2.39. The van der Waals surface area contributed by atoms with Crippen LogP contribution in [0.25, 0.3) is 0 Å². The Kier molecular flexibility index (Phi) is 3.50. The smallest absolute Gasteiger partial charge is 0.309 e. The third-order valence-corrected chi connectivity index (χ3v) is 4.48. The Morgan fingerprint density at radius 2 is 2.38 bits per heavy atom. The lowest BCUT2D eigenvalue weighted by molar-refractivity contribution is -0.142. The largest absolute Gasteiger partial charge is 0.481 e. The summed E-state index contributed by atoms with van der Waals surface area (Å²) in [5.74, 6) is -1.78. The molecule has 0 aromatic carbocycles. The van der Waals surface area contributed by atoms with Crippen LogP contribution >= 0.6 is 11.3 Å². The number of rotatable bonds is 4. The van der Waals surface area contributed by atoms with E-state index in [9.17, 15) is 14.7 Å². The number of aromatic nitrogens is 2. The SMILES string of the molecule is Cn1cc([C@H]2[C@@H](C(=O)O)CC(=O)N2Cc2ccsc2)cn1. The fourth-order valence-electron chi connectivity index (χ4n) is 2.78. The summed E-state index contributed by atoms with van der Waals surface area (Å²) in [6, 6.07) is 1.50. The number of nitrogens with zero attached hydrogens (tertiary/aromatic N) is 3. The Balaban J connectivity index is 1.95. The predicted octanol–water partition coefficient (Wildman–Crippen LogP) is 1.66. The first-order chi connectivity index (χ1) is 10.1. The van der Waals surface area contributed by atoms with Crippen molar-refractivity contribution in [2.24, 2.45) is 13.0 Å². The molecule has 0 saturated carbocycles. The molecule has 1 saturated heterocycles. The number of aryl methyl sites for hydroxylation is 1. The molecule has 1 fully saturated rings. The third kappa shape index (κ3) is 2.56. The van der Waals surface area contributed by atoms with Crippen LogP contribution in [-0.2, 0) is 23.2 Å². The summed E-state index contributed by atoms with van der Waals surface area (Å²) in [6.45, 7) is 0.436. The molecule has 2 atom stereocenters. The third-order valence-electron chi connectivity index (χ3n) is 3.75. The number of hydrogen-bond donors (Lipinski definition) is 1. The summed E-state index contributed by atoms with van der Waals surface area (Å²) < 4.78 is 1.62. The van der Waals surface area contributed by atoms with Gasteiger partial charge in [0.1, 0.15) is 0 Å². The summed E-state index contributed by atoms with van der Waals surface area (Å²) in [4.78, 5) is 25.4. The van der Waals surface area contributed by atoms with Crippen molar-refractivity contribution in [2.75, 3.05) is 0 Å². The quantitative estimate of drug-likeness (QED) is 0.932. The molecule has 0 unspecified atom stereocenters. The zero-order valence-electron chi connectivity index (χ0n) is 11.5. The van der Waals surface area contributed by atoms with Gasteiger partial charge in [-0.05, 0) is 22.4 Å². The molecule has 1 amide bonds. The lowest BCUT2D eigenvalue weighted by atomic mass is 9.96. The summed E-state index contributed by atoms with van der Waals surface area (Å²) in [5, 5.41) is 17.4. The molecular formula is C14H15N3O3S. The maximum atomic E-state index is 12.2. The molecule has 1 N–H and O–H groups in total. The molecule has 1 aliphatic heterocycles. The molecule has 6 nitrogen and oxygen atoms in total. The molecule has 1 aliphatic rings. The number of carboxylic acids is 1. The van der Waals surface area contributed by atoms with E-state index >= 15 is 0 Å². The summed E-state index contributed by atoms with van der Waals surface area (Å²) in [5.41, 5.74) is 1.79. The highest BCUT2D eigenvalue weighted by Gasteiger charge is 2.45. The first-order valence-corrected chi connectivity index (χ1v) is 7.52. The monoisotopic (exact) mass is 305 g/mol. The van der Waals surface area contributed by atoms with Crippen LogP contribution in [0.4, 0.5) is 0 Å². The maximum absolute atomic E-state index is 12.2. The average Bonchev–Trinajstić information content (AvgIpc) is 3.13. The van der Waals surface area contributed by atoms with Crippen LogP contribution in [0, 0.1) is 5.92 Å². The minimum atomic E-state index is -0.940. The van der Waals surface area contributed by atoms with Crippen LogP contribution in [0.5, 0.6) is 0 Å². The van der Waals surface area contributed by atoms with Crippen molar-refractivity contribution in [3.8, 4) is 0 Å². The molecule has 2 aromatic rings. The molecule has 0 bridgehead atoms. The van der Waals surface area contributed by atoms with Gasteiger partial charge in [0.2, 0.25) is 5.91 Å². The molecule has 0 radical (unpaired) electrons. The number of carbonyl (C=O) groups excluding carboxylic acids is 1. The fraction of sp³-hybridized carbons (Fsp3) is 0.357. The van der Waals surface area contributed by atoms with Crippen molar-refractivity contribution in [2.45, 2.75) is 19.0 Å². The Morgan fingerprint density at radius 1 is 1.57 bits per heavy atom. The van der Waals surface area contributed by atoms with Gasteiger partial charge < -0.3 is 10.0 Å². The predicted molar refractivity (Wildman–Crippen MR) is 76.6 cm³/mol. The molecule has 3 heterocycles. The van der Waals surface area contributed by atoms with Crippen LogP contribution < -0.4 is 0 Å². The minimum absolute atomic E-state index is 0.0407. The Bertz CT molecular complexity index is 665. The Morgan fingerprint density at radius 3 is 2.95 bits per heavy atom. The van der Waals surface area contributed by atoms with Gasteiger partial charge in [-0.25, -0.2) is 0 Å². The van der Waals surface area contributed by atoms with Gasteiger partial charge in [0.05, 0.1) is 18.2 Å². The highest BCUT2D eigenvalue weighted by molar-refractivity contribution is 7.07. The minimum Gasteiger partial charge on any atom is -0.481 e.